The summed E-state index contributed by atoms with van der Waals surface area (Å²) < 4.78 is 0.608. The summed E-state index contributed by atoms with van der Waals surface area (Å²) in [5.74, 6) is -0.195. The largest absolute Gasteiger partial charge is 0.355 e. The van der Waals surface area contributed by atoms with Gasteiger partial charge in [-0.05, 0) is 34.1 Å². The molecule has 1 aromatic heterocycles. The molecule has 0 aliphatic rings. The van der Waals surface area contributed by atoms with Crippen LogP contribution in [0.15, 0.2) is 41.1 Å². The Bertz CT molecular complexity index is 694. The number of hydrogen-bond acceptors (Lipinski definition) is 4. The number of nitrogens with zero attached hydrogens (tertiary/aromatic N) is 2. The zero-order valence-corrected chi connectivity index (χ0v) is 12.2. The Morgan fingerprint density at radius 2 is 2.10 bits per heavy atom. The predicted octanol–water partition coefficient (Wildman–Crippen LogP) is 2.82. The van der Waals surface area contributed by atoms with E-state index in [9.17, 15) is 4.79 Å². The number of nitrogens with one attached hydrogen (secondary N) is 2. The normalized spacial score (nSPS) is 9.65. The van der Waals surface area contributed by atoms with E-state index in [4.69, 9.17) is 5.26 Å². The first kappa shape index (κ1) is 14.0. The molecule has 0 aliphatic carbocycles. The van der Waals surface area contributed by atoms with Crippen molar-refractivity contribution in [2.75, 3.05) is 12.4 Å². The highest BCUT2D eigenvalue weighted by atomic mass is 79.9. The molecule has 2 aromatic rings. The van der Waals surface area contributed by atoms with Crippen LogP contribution >= 0.6 is 15.9 Å². The van der Waals surface area contributed by atoms with Crippen LogP contribution in [-0.2, 0) is 0 Å². The lowest BCUT2D eigenvalue weighted by molar-refractivity contribution is 0.0964. The summed E-state index contributed by atoms with van der Waals surface area (Å²) in [5.41, 5.74) is 2.12. The molecule has 0 radical (unpaired) electrons. The van der Waals surface area contributed by atoms with Crippen molar-refractivity contribution in [3.05, 3.63) is 52.3 Å². The number of carbonyl (C=O) groups is 1. The van der Waals surface area contributed by atoms with Crippen LogP contribution in [0, 0.1) is 11.3 Å². The van der Waals surface area contributed by atoms with Gasteiger partial charge in [-0.2, -0.15) is 5.26 Å². The quantitative estimate of drug-likeness (QED) is 0.848. The fourth-order valence-electron chi connectivity index (χ4n) is 1.69. The van der Waals surface area contributed by atoms with Crippen LogP contribution in [0.1, 0.15) is 15.9 Å². The van der Waals surface area contributed by atoms with Crippen LogP contribution in [0.2, 0.25) is 0 Å². The van der Waals surface area contributed by atoms with Gasteiger partial charge in [0.05, 0.1) is 22.5 Å². The van der Waals surface area contributed by atoms with Gasteiger partial charge in [-0.1, -0.05) is 12.1 Å². The molecule has 20 heavy (non-hydrogen) atoms. The van der Waals surface area contributed by atoms with Crippen LogP contribution in [-0.4, -0.2) is 17.9 Å². The Labute approximate surface area is 124 Å². The maximum Gasteiger partial charge on any atom is 0.253 e. The molecule has 6 heteroatoms. The Morgan fingerprint density at radius 3 is 2.80 bits per heavy atom. The average Bonchev–Trinajstić information content (AvgIpc) is 2.47. The number of aromatic nitrogens is 1. The maximum atomic E-state index is 11.8. The Balaban J connectivity index is 2.43. The fourth-order valence-corrected chi connectivity index (χ4v) is 2.02. The van der Waals surface area contributed by atoms with Gasteiger partial charge in [-0.3, -0.25) is 4.79 Å². The summed E-state index contributed by atoms with van der Waals surface area (Å²) >= 11 is 3.26. The van der Waals surface area contributed by atoms with E-state index in [0.717, 1.165) is 0 Å². The molecule has 0 spiro atoms. The number of rotatable bonds is 3. The van der Waals surface area contributed by atoms with Crippen molar-refractivity contribution in [3.63, 3.8) is 0 Å². The summed E-state index contributed by atoms with van der Waals surface area (Å²) in [6.07, 6.45) is 1.47. The molecule has 2 N–H and O–H groups in total. The second-order valence-corrected chi connectivity index (χ2v) is 4.73. The minimum absolute atomic E-state index is 0.195. The molecule has 0 fully saturated rings. The molecule has 0 saturated carbocycles. The predicted molar refractivity (Wildman–Crippen MR) is 79.8 cm³/mol. The number of para-hydroxylation sites is 1. The van der Waals surface area contributed by atoms with Crippen molar-refractivity contribution in [3.8, 4) is 6.07 Å². The smallest absolute Gasteiger partial charge is 0.253 e. The molecule has 1 heterocycles. The lowest BCUT2D eigenvalue weighted by Gasteiger charge is -2.12. The van der Waals surface area contributed by atoms with Crippen molar-refractivity contribution < 1.29 is 4.79 Å². The summed E-state index contributed by atoms with van der Waals surface area (Å²) in [5, 5.41) is 14.8. The van der Waals surface area contributed by atoms with Gasteiger partial charge < -0.3 is 10.6 Å². The van der Waals surface area contributed by atoms with Crippen LogP contribution in [0.25, 0.3) is 0 Å². The van der Waals surface area contributed by atoms with Crippen molar-refractivity contribution in [1.29, 1.82) is 5.26 Å². The first-order valence-corrected chi connectivity index (χ1v) is 6.58. The minimum Gasteiger partial charge on any atom is -0.355 e. The third-order valence-electron chi connectivity index (χ3n) is 2.66. The standard InChI is InChI=1S/C14H11BrN4O/c1-17-14(20)10-4-2-3-5-11(10)19-12-6-13(15)18-8-9(12)7-16/h2-6,8H,1H3,(H,17,20)(H,18,19). The molecular weight excluding hydrogens is 320 g/mol. The molecule has 0 bridgehead atoms. The van der Waals surface area contributed by atoms with E-state index in [1.54, 1.807) is 31.3 Å². The summed E-state index contributed by atoms with van der Waals surface area (Å²) in [6.45, 7) is 0. The first-order chi connectivity index (χ1) is 9.65. The number of amides is 1. The lowest BCUT2D eigenvalue weighted by atomic mass is 10.1. The molecule has 1 aromatic carbocycles. The number of carbonyl (C=O) groups excluding carboxylic acids is 1. The van der Waals surface area contributed by atoms with Gasteiger partial charge in [-0.15, -0.1) is 0 Å². The third-order valence-corrected chi connectivity index (χ3v) is 3.09. The Morgan fingerprint density at radius 1 is 1.35 bits per heavy atom. The molecule has 0 atom stereocenters. The molecule has 0 aliphatic heterocycles. The molecule has 0 saturated heterocycles. The van der Waals surface area contributed by atoms with Crippen LogP contribution in [0.5, 0.6) is 0 Å². The summed E-state index contributed by atoms with van der Waals surface area (Å²) in [4.78, 5) is 15.8. The SMILES string of the molecule is CNC(=O)c1ccccc1Nc1cc(Br)ncc1C#N. The molecule has 1 amide bonds. The fraction of sp³-hybridized carbons (Fsp3) is 0.0714. The summed E-state index contributed by atoms with van der Waals surface area (Å²) in [7, 11) is 1.57. The van der Waals surface area contributed by atoms with E-state index >= 15 is 0 Å². The highest BCUT2D eigenvalue weighted by Crippen LogP contribution is 2.25. The summed E-state index contributed by atoms with van der Waals surface area (Å²) in [6, 6.07) is 10.8. The van der Waals surface area contributed by atoms with Crippen LogP contribution < -0.4 is 10.6 Å². The number of pyridine rings is 1. The van der Waals surface area contributed by atoms with Gasteiger partial charge in [0.25, 0.3) is 5.91 Å². The van der Waals surface area contributed by atoms with Crippen molar-refractivity contribution in [1.82, 2.24) is 10.3 Å². The second kappa shape index (κ2) is 6.17. The Hall–Kier alpha value is -2.39. The highest BCUT2D eigenvalue weighted by Gasteiger charge is 2.11. The van der Waals surface area contributed by atoms with Gasteiger partial charge in [-0.25, -0.2) is 4.98 Å². The number of hydrogen-bond donors (Lipinski definition) is 2. The van der Waals surface area contributed by atoms with Gasteiger partial charge in [0, 0.05) is 13.2 Å². The molecule has 100 valence electrons. The number of anilines is 2. The van der Waals surface area contributed by atoms with Crippen molar-refractivity contribution in [2.45, 2.75) is 0 Å². The van der Waals surface area contributed by atoms with E-state index in [0.29, 0.717) is 27.1 Å². The zero-order valence-electron chi connectivity index (χ0n) is 10.6. The van der Waals surface area contributed by atoms with E-state index in [1.165, 1.54) is 6.20 Å². The topological polar surface area (TPSA) is 77.8 Å². The van der Waals surface area contributed by atoms with Gasteiger partial charge in [0.15, 0.2) is 0 Å². The van der Waals surface area contributed by atoms with E-state index in [-0.39, 0.29) is 5.91 Å². The lowest BCUT2D eigenvalue weighted by Crippen LogP contribution is -2.19. The van der Waals surface area contributed by atoms with Gasteiger partial charge in [0.1, 0.15) is 10.7 Å². The van der Waals surface area contributed by atoms with E-state index in [2.05, 4.69) is 37.6 Å². The number of halogens is 1. The Kier molecular flexibility index (Phi) is 4.33. The van der Waals surface area contributed by atoms with E-state index < -0.39 is 0 Å². The third kappa shape index (κ3) is 2.95. The van der Waals surface area contributed by atoms with Crippen LogP contribution in [0.3, 0.4) is 0 Å². The molecule has 2 rings (SSSR count). The molecule has 0 unspecified atom stereocenters. The number of nitriles is 1. The number of benzene rings is 1. The van der Waals surface area contributed by atoms with Crippen LogP contribution in [0.4, 0.5) is 11.4 Å². The van der Waals surface area contributed by atoms with Crippen molar-refractivity contribution >= 4 is 33.2 Å². The van der Waals surface area contributed by atoms with Crippen molar-refractivity contribution in [2.24, 2.45) is 0 Å². The second-order valence-electron chi connectivity index (χ2n) is 3.91. The first-order valence-electron chi connectivity index (χ1n) is 5.79. The molecular formula is C14H11BrN4O. The van der Waals surface area contributed by atoms with Gasteiger partial charge in [0.2, 0.25) is 0 Å². The molecule has 5 nitrogen and oxygen atoms in total. The maximum absolute atomic E-state index is 11.8. The average molecular weight is 331 g/mol. The zero-order chi connectivity index (χ0) is 14.5. The highest BCUT2D eigenvalue weighted by molar-refractivity contribution is 9.10. The van der Waals surface area contributed by atoms with E-state index in [1.807, 2.05) is 6.07 Å². The minimum atomic E-state index is -0.195. The monoisotopic (exact) mass is 330 g/mol. The van der Waals surface area contributed by atoms with Gasteiger partial charge >= 0.3 is 0 Å².